The number of benzene rings is 5. The van der Waals surface area contributed by atoms with E-state index < -0.39 is 0 Å². The largest absolute Gasteiger partial charge is 0.462 e. The van der Waals surface area contributed by atoms with Gasteiger partial charge in [0.1, 0.15) is 0 Å². The molecule has 0 bridgehead atoms. The summed E-state index contributed by atoms with van der Waals surface area (Å²) in [4.78, 5) is 11.7. The fraction of sp³-hybridized carbons (Fsp3) is 0.147. The maximum absolute atomic E-state index is 11.7. The first-order chi connectivity index (χ1) is 17.5. The molecule has 0 spiro atoms. The summed E-state index contributed by atoms with van der Waals surface area (Å²) in [6.07, 6.45) is 1.86. The molecule has 176 valence electrons. The van der Waals surface area contributed by atoms with E-state index in [9.17, 15) is 4.79 Å². The average molecular weight is 469 g/mol. The third-order valence-electron chi connectivity index (χ3n) is 7.68. The molecule has 0 radical (unpaired) electrons. The summed E-state index contributed by atoms with van der Waals surface area (Å²) in [7, 11) is 0. The van der Waals surface area contributed by atoms with Crippen LogP contribution in [0.25, 0.3) is 43.8 Å². The highest BCUT2D eigenvalue weighted by Crippen LogP contribution is 2.50. The normalized spacial score (nSPS) is 13.4. The predicted molar refractivity (Wildman–Crippen MR) is 149 cm³/mol. The maximum atomic E-state index is 11.7. The molecule has 2 nitrogen and oxygen atoms in total. The molecule has 0 atom stereocenters. The van der Waals surface area contributed by atoms with Gasteiger partial charge in [0, 0.05) is 17.9 Å². The Balaban J connectivity index is 1.57. The van der Waals surface area contributed by atoms with Crippen LogP contribution in [0.4, 0.5) is 0 Å². The van der Waals surface area contributed by atoms with E-state index in [0.29, 0.717) is 13.0 Å². The Morgan fingerprint density at radius 2 is 1.36 bits per heavy atom. The van der Waals surface area contributed by atoms with Crippen molar-refractivity contribution in [2.24, 2.45) is 0 Å². The minimum atomic E-state index is -0.387. The number of hydrogen-bond donors (Lipinski definition) is 0. The molecule has 0 saturated heterocycles. The van der Waals surface area contributed by atoms with Crippen molar-refractivity contribution in [3.05, 3.63) is 120 Å². The van der Waals surface area contributed by atoms with Crippen LogP contribution in [0.3, 0.4) is 0 Å². The van der Waals surface area contributed by atoms with Crippen LogP contribution in [-0.2, 0) is 21.4 Å². The van der Waals surface area contributed by atoms with Gasteiger partial charge in [0.15, 0.2) is 0 Å². The lowest BCUT2D eigenvalue weighted by molar-refractivity contribution is -0.137. The molecule has 5 aromatic rings. The Hall–Kier alpha value is -4.17. The summed E-state index contributed by atoms with van der Waals surface area (Å²) < 4.78 is 5.35. The first kappa shape index (κ1) is 22.3. The quantitative estimate of drug-likeness (QED) is 0.147. The lowest BCUT2D eigenvalue weighted by Gasteiger charge is -2.23. The molecular formula is C34H28O2. The monoisotopic (exact) mass is 468 g/mol. The van der Waals surface area contributed by atoms with Crippen molar-refractivity contribution in [2.45, 2.75) is 25.7 Å². The Morgan fingerprint density at radius 1 is 0.778 bits per heavy atom. The van der Waals surface area contributed by atoms with Crippen LogP contribution < -0.4 is 0 Å². The van der Waals surface area contributed by atoms with Gasteiger partial charge in [-0.1, -0.05) is 105 Å². The van der Waals surface area contributed by atoms with E-state index in [0.717, 1.165) is 0 Å². The molecule has 2 heteroatoms. The standard InChI is InChI=1S/C34H28O2/c1-4-32(35)36-20-19-25-23-11-5-7-14-28(23)33(29-15-8-6-12-24(25)29)22-17-18-27-26-13-9-10-16-30(26)34(2,3)31(27)21-22/h4-18,21H,1,19-20H2,2-3H3. The summed E-state index contributed by atoms with van der Waals surface area (Å²) in [5.74, 6) is -0.387. The fourth-order valence-electron chi connectivity index (χ4n) is 5.97. The molecule has 0 aromatic heterocycles. The molecule has 0 fully saturated rings. The van der Waals surface area contributed by atoms with Gasteiger partial charge < -0.3 is 4.74 Å². The number of esters is 1. The van der Waals surface area contributed by atoms with Crippen LogP contribution in [0, 0.1) is 0 Å². The van der Waals surface area contributed by atoms with Crippen LogP contribution in [0.2, 0.25) is 0 Å². The van der Waals surface area contributed by atoms with Gasteiger partial charge in [0.05, 0.1) is 6.61 Å². The molecule has 36 heavy (non-hydrogen) atoms. The Morgan fingerprint density at radius 3 is 2.03 bits per heavy atom. The van der Waals surface area contributed by atoms with E-state index in [1.807, 2.05) is 0 Å². The van der Waals surface area contributed by atoms with Gasteiger partial charge in [-0.15, -0.1) is 0 Å². The van der Waals surface area contributed by atoms with Gasteiger partial charge in [-0.2, -0.15) is 0 Å². The maximum Gasteiger partial charge on any atom is 0.330 e. The van der Waals surface area contributed by atoms with Crippen molar-refractivity contribution < 1.29 is 9.53 Å². The van der Waals surface area contributed by atoms with Crippen LogP contribution in [0.1, 0.15) is 30.5 Å². The second-order valence-corrected chi connectivity index (χ2v) is 10.00. The first-order valence-corrected chi connectivity index (χ1v) is 12.5. The molecule has 0 unspecified atom stereocenters. The Kier molecular flexibility index (Phi) is 5.26. The second kappa shape index (κ2) is 8.49. The minimum Gasteiger partial charge on any atom is -0.462 e. The molecule has 0 saturated carbocycles. The molecule has 0 amide bonds. The van der Waals surface area contributed by atoms with E-state index in [1.54, 1.807) is 0 Å². The third kappa shape index (κ3) is 3.37. The van der Waals surface area contributed by atoms with Crippen LogP contribution in [-0.4, -0.2) is 12.6 Å². The van der Waals surface area contributed by atoms with Crippen molar-refractivity contribution in [2.75, 3.05) is 6.61 Å². The summed E-state index contributed by atoms with van der Waals surface area (Å²) in [5, 5.41) is 4.83. The number of carbonyl (C=O) groups excluding carboxylic acids is 1. The molecule has 5 aromatic carbocycles. The summed E-state index contributed by atoms with van der Waals surface area (Å²) in [5.41, 5.74) is 9.05. The fourth-order valence-corrected chi connectivity index (χ4v) is 5.97. The van der Waals surface area contributed by atoms with Crippen molar-refractivity contribution in [1.82, 2.24) is 0 Å². The lowest BCUT2D eigenvalue weighted by atomic mass is 9.80. The summed E-state index contributed by atoms with van der Waals surface area (Å²) in [6.45, 7) is 8.48. The van der Waals surface area contributed by atoms with Gasteiger partial charge in [0.2, 0.25) is 0 Å². The predicted octanol–water partition coefficient (Wildman–Crippen LogP) is 8.24. The van der Waals surface area contributed by atoms with E-state index in [1.165, 1.54) is 66.6 Å². The van der Waals surface area contributed by atoms with E-state index in [4.69, 9.17) is 4.74 Å². The van der Waals surface area contributed by atoms with Gasteiger partial charge in [-0.05, 0) is 66.6 Å². The highest BCUT2D eigenvalue weighted by molar-refractivity contribution is 6.15. The Bertz CT molecular complexity index is 1620. The SMILES string of the molecule is C=CC(=O)OCCc1c2ccccc2c(-c2ccc3c(c2)C(C)(C)c2ccccc2-3)c2ccccc12. The number of fused-ring (bicyclic) bond motifs is 5. The van der Waals surface area contributed by atoms with Gasteiger partial charge >= 0.3 is 5.97 Å². The topological polar surface area (TPSA) is 26.3 Å². The highest BCUT2D eigenvalue weighted by atomic mass is 16.5. The molecule has 1 aliphatic rings. The lowest BCUT2D eigenvalue weighted by Crippen LogP contribution is -2.14. The van der Waals surface area contributed by atoms with Crippen molar-refractivity contribution in [3.63, 3.8) is 0 Å². The smallest absolute Gasteiger partial charge is 0.330 e. The Labute approximate surface area is 211 Å². The van der Waals surface area contributed by atoms with E-state index >= 15 is 0 Å². The van der Waals surface area contributed by atoms with Crippen LogP contribution in [0.5, 0.6) is 0 Å². The number of carbonyl (C=O) groups is 1. The molecule has 0 aliphatic heterocycles. The summed E-state index contributed by atoms with van der Waals surface area (Å²) in [6, 6.07) is 32.9. The zero-order valence-corrected chi connectivity index (χ0v) is 20.7. The van der Waals surface area contributed by atoms with Gasteiger partial charge in [-0.25, -0.2) is 4.79 Å². The number of ether oxygens (including phenoxy) is 1. The zero-order chi connectivity index (χ0) is 24.9. The molecule has 1 aliphatic carbocycles. The zero-order valence-electron chi connectivity index (χ0n) is 20.7. The average Bonchev–Trinajstić information content (AvgIpc) is 3.14. The number of hydrogen-bond acceptors (Lipinski definition) is 2. The second-order valence-electron chi connectivity index (χ2n) is 10.00. The molecule has 6 rings (SSSR count). The summed E-state index contributed by atoms with van der Waals surface area (Å²) >= 11 is 0. The molecule has 0 heterocycles. The van der Waals surface area contributed by atoms with E-state index in [-0.39, 0.29) is 11.4 Å². The van der Waals surface area contributed by atoms with Crippen molar-refractivity contribution >= 4 is 27.5 Å². The third-order valence-corrected chi connectivity index (χ3v) is 7.68. The van der Waals surface area contributed by atoms with Crippen molar-refractivity contribution in [1.29, 1.82) is 0 Å². The highest BCUT2D eigenvalue weighted by Gasteiger charge is 2.35. The van der Waals surface area contributed by atoms with E-state index in [2.05, 4.69) is 111 Å². The van der Waals surface area contributed by atoms with Crippen LogP contribution in [0.15, 0.2) is 104 Å². The van der Waals surface area contributed by atoms with Crippen molar-refractivity contribution in [3.8, 4) is 22.3 Å². The molecular weight excluding hydrogens is 440 g/mol. The minimum absolute atomic E-state index is 0.0531. The molecule has 0 N–H and O–H groups in total. The van der Waals surface area contributed by atoms with Gasteiger partial charge in [-0.3, -0.25) is 0 Å². The number of rotatable bonds is 5. The van der Waals surface area contributed by atoms with Crippen LogP contribution >= 0.6 is 0 Å². The van der Waals surface area contributed by atoms with Gasteiger partial charge in [0.25, 0.3) is 0 Å². The first-order valence-electron chi connectivity index (χ1n) is 12.5.